The highest BCUT2D eigenvalue weighted by Crippen LogP contribution is 2.19. The molecule has 1 aromatic rings. The number of phenols is 1. The molecule has 1 unspecified atom stereocenters. The molecule has 1 nitrogen and oxygen atoms in total. The molecule has 0 radical (unpaired) electrons. The molecule has 0 amide bonds. The first-order valence-electron chi connectivity index (χ1n) is 12.5. The van der Waals surface area contributed by atoms with E-state index >= 15 is 0 Å². The van der Waals surface area contributed by atoms with Gasteiger partial charge in [-0.1, -0.05) is 135 Å². The van der Waals surface area contributed by atoms with Crippen molar-refractivity contribution in [1.29, 1.82) is 0 Å². The van der Waals surface area contributed by atoms with E-state index in [4.69, 9.17) is 0 Å². The molecule has 0 aliphatic rings. The molecule has 28 heavy (non-hydrogen) atoms. The van der Waals surface area contributed by atoms with E-state index in [1.807, 2.05) is 0 Å². The van der Waals surface area contributed by atoms with Crippen LogP contribution in [-0.4, -0.2) is 5.11 Å². The van der Waals surface area contributed by atoms with Gasteiger partial charge in [-0.2, -0.15) is 0 Å². The van der Waals surface area contributed by atoms with Crippen molar-refractivity contribution in [2.75, 3.05) is 0 Å². The normalized spacial score (nSPS) is 12.4. The van der Waals surface area contributed by atoms with E-state index in [1.165, 1.54) is 115 Å². The van der Waals surface area contributed by atoms with Gasteiger partial charge < -0.3 is 5.11 Å². The molecule has 0 saturated heterocycles. The Labute approximate surface area is 176 Å². The van der Waals surface area contributed by atoms with Crippen molar-refractivity contribution in [3.05, 3.63) is 29.8 Å². The molecule has 0 aromatic heterocycles. The molecule has 0 saturated carbocycles. The highest BCUT2D eigenvalue weighted by atomic mass is 16.3. The summed E-state index contributed by atoms with van der Waals surface area (Å²) >= 11 is 0. The van der Waals surface area contributed by atoms with Crippen LogP contribution in [0, 0.1) is 5.92 Å². The zero-order valence-electron chi connectivity index (χ0n) is 19.1. The van der Waals surface area contributed by atoms with E-state index in [-0.39, 0.29) is 0 Å². The van der Waals surface area contributed by atoms with Crippen LogP contribution in [0.15, 0.2) is 24.3 Å². The Bertz CT molecular complexity index is 436. The fourth-order valence-electron chi connectivity index (χ4n) is 4.18. The SMILES string of the molecule is CCCCCCCCCCCCCCCCCCC(C)Cc1ccc(O)cc1. The van der Waals surface area contributed by atoms with Crippen LogP contribution < -0.4 is 0 Å². The summed E-state index contributed by atoms with van der Waals surface area (Å²) in [5.74, 6) is 1.12. The van der Waals surface area contributed by atoms with Crippen molar-refractivity contribution in [2.45, 2.75) is 129 Å². The van der Waals surface area contributed by atoms with Crippen molar-refractivity contribution in [3.8, 4) is 5.75 Å². The predicted molar refractivity (Wildman–Crippen MR) is 125 cm³/mol. The van der Waals surface area contributed by atoms with E-state index < -0.39 is 0 Å². The van der Waals surface area contributed by atoms with Gasteiger partial charge in [-0.3, -0.25) is 0 Å². The minimum Gasteiger partial charge on any atom is -0.508 e. The molecule has 1 aromatic carbocycles. The average molecular weight is 389 g/mol. The lowest BCUT2D eigenvalue weighted by Crippen LogP contribution is -1.99. The van der Waals surface area contributed by atoms with E-state index in [1.54, 1.807) is 12.1 Å². The molecule has 162 valence electrons. The number of phenolic OH excluding ortho intramolecular Hbond substituents is 1. The minimum atomic E-state index is 0.370. The van der Waals surface area contributed by atoms with Crippen molar-refractivity contribution < 1.29 is 5.11 Å². The lowest BCUT2D eigenvalue weighted by atomic mass is 9.95. The van der Waals surface area contributed by atoms with E-state index in [9.17, 15) is 5.11 Å². The Morgan fingerprint density at radius 2 is 1.00 bits per heavy atom. The second kappa shape index (κ2) is 18.1. The predicted octanol–water partition coefficient (Wildman–Crippen LogP) is 9.22. The van der Waals surface area contributed by atoms with Crippen molar-refractivity contribution >= 4 is 0 Å². The first-order chi connectivity index (χ1) is 13.7. The third kappa shape index (κ3) is 15.0. The fraction of sp³-hybridized carbons (Fsp3) is 0.778. The van der Waals surface area contributed by atoms with Crippen LogP contribution in [0.4, 0.5) is 0 Å². The maximum Gasteiger partial charge on any atom is 0.115 e. The molecule has 0 heterocycles. The maximum atomic E-state index is 9.35. The van der Waals surface area contributed by atoms with Crippen LogP contribution in [0.2, 0.25) is 0 Å². The monoisotopic (exact) mass is 388 g/mol. The molecule has 0 spiro atoms. The van der Waals surface area contributed by atoms with Crippen LogP contribution in [-0.2, 0) is 6.42 Å². The summed E-state index contributed by atoms with van der Waals surface area (Å²) in [5, 5.41) is 9.35. The average Bonchev–Trinajstić information content (AvgIpc) is 2.69. The number of hydrogen-bond donors (Lipinski definition) is 1. The Kier molecular flexibility index (Phi) is 16.2. The van der Waals surface area contributed by atoms with Crippen molar-refractivity contribution in [2.24, 2.45) is 5.92 Å². The van der Waals surface area contributed by atoms with Crippen LogP contribution in [0.25, 0.3) is 0 Å². The first kappa shape index (κ1) is 25.1. The summed E-state index contributed by atoms with van der Waals surface area (Å²) in [4.78, 5) is 0. The van der Waals surface area contributed by atoms with Gasteiger partial charge in [0.05, 0.1) is 0 Å². The second-order valence-corrected chi connectivity index (χ2v) is 9.07. The van der Waals surface area contributed by atoms with Gasteiger partial charge in [-0.05, 0) is 30.0 Å². The number of aromatic hydroxyl groups is 1. The van der Waals surface area contributed by atoms with Crippen LogP contribution in [0.1, 0.15) is 129 Å². The first-order valence-corrected chi connectivity index (χ1v) is 12.5. The molecular weight excluding hydrogens is 340 g/mol. The number of unbranched alkanes of at least 4 members (excludes halogenated alkanes) is 15. The summed E-state index contributed by atoms with van der Waals surface area (Å²) in [6.45, 7) is 4.65. The third-order valence-electron chi connectivity index (χ3n) is 6.07. The summed E-state index contributed by atoms with van der Waals surface area (Å²) < 4.78 is 0. The quantitative estimate of drug-likeness (QED) is 0.234. The van der Waals surface area contributed by atoms with E-state index in [0.29, 0.717) is 5.75 Å². The molecule has 1 atom stereocenters. The maximum absolute atomic E-state index is 9.35. The second-order valence-electron chi connectivity index (χ2n) is 9.07. The molecule has 1 heteroatoms. The Hall–Kier alpha value is -0.980. The molecule has 0 aliphatic carbocycles. The lowest BCUT2D eigenvalue weighted by molar-refractivity contribution is 0.470. The smallest absolute Gasteiger partial charge is 0.115 e. The minimum absolute atomic E-state index is 0.370. The third-order valence-corrected chi connectivity index (χ3v) is 6.07. The van der Waals surface area contributed by atoms with Gasteiger partial charge in [0.15, 0.2) is 0 Å². The van der Waals surface area contributed by atoms with Crippen LogP contribution in [0.3, 0.4) is 0 Å². The fourth-order valence-corrected chi connectivity index (χ4v) is 4.18. The topological polar surface area (TPSA) is 20.2 Å². The summed E-state index contributed by atoms with van der Waals surface area (Å²) in [5.41, 5.74) is 1.35. The standard InChI is InChI=1S/C27H48O/c1-3-4-5-6-7-8-9-10-11-12-13-14-15-16-17-18-19-25(2)24-26-20-22-27(28)23-21-26/h20-23,25,28H,3-19,24H2,1-2H3. The molecule has 0 fully saturated rings. The zero-order chi connectivity index (χ0) is 20.3. The summed E-state index contributed by atoms with van der Waals surface area (Å²) in [6.07, 6.45) is 25.5. The Balaban J connectivity index is 1.78. The van der Waals surface area contributed by atoms with E-state index in [0.717, 1.165) is 12.3 Å². The molecule has 0 bridgehead atoms. The molecule has 1 N–H and O–H groups in total. The van der Waals surface area contributed by atoms with Gasteiger partial charge in [-0.25, -0.2) is 0 Å². The largest absolute Gasteiger partial charge is 0.508 e. The van der Waals surface area contributed by atoms with Gasteiger partial charge in [0.25, 0.3) is 0 Å². The summed E-state index contributed by atoms with van der Waals surface area (Å²) in [7, 11) is 0. The Morgan fingerprint density at radius 1 is 0.607 bits per heavy atom. The van der Waals surface area contributed by atoms with Crippen molar-refractivity contribution in [1.82, 2.24) is 0 Å². The summed E-state index contributed by atoms with van der Waals surface area (Å²) in [6, 6.07) is 7.71. The van der Waals surface area contributed by atoms with Gasteiger partial charge >= 0.3 is 0 Å². The number of hydrogen-bond acceptors (Lipinski definition) is 1. The zero-order valence-corrected chi connectivity index (χ0v) is 19.1. The molecule has 0 aliphatic heterocycles. The lowest BCUT2D eigenvalue weighted by Gasteiger charge is -2.11. The van der Waals surface area contributed by atoms with Crippen LogP contribution >= 0.6 is 0 Å². The van der Waals surface area contributed by atoms with Gasteiger partial charge in [-0.15, -0.1) is 0 Å². The van der Waals surface area contributed by atoms with Crippen molar-refractivity contribution in [3.63, 3.8) is 0 Å². The van der Waals surface area contributed by atoms with Gasteiger partial charge in [0.1, 0.15) is 5.75 Å². The van der Waals surface area contributed by atoms with E-state index in [2.05, 4.69) is 26.0 Å². The highest BCUT2D eigenvalue weighted by molar-refractivity contribution is 5.26. The van der Waals surface area contributed by atoms with Gasteiger partial charge in [0.2, 0.25) is 0 Å². The van der Waals surface area contributed by atoms with Gasteiger partial charge in [0, 0.05) is 0 Å². The Morgan fingerprint density at radius 3 is 1.43 bits per heavy atom. The number of benzene rings is 1. The molecular formula is C27H48O. The number of rotatable bonds is 19. The molecule has 1 rings (SSSR count). The highest BCUT2D eigenvalue weighted by Gasteiger charge is 2.04. The van der Waals surface area contributed by atoms with Crippen LogP contribution in [0.5, 0.6) is 5.75 Å².